The number of likely N-dealkylation sites (tertiary alicyclic amines) is 2. The van der Waals surface area contributed by atoms with Crippen molar-refractivity contribution < 1.29 is 32.6 Å². The predicted molar refractivity (Wildman–Crippen MR) is 122 cm³/mol. The third-order valence-electron chi connectivity index (χ3n) is 7.91. The zero-order valence-electron chi connectivity index (χ0n) is 20.2. The minimum absolute atomic E-state index is 0.00734. The molecular weight excluding hydrogens is 477 g/mol. The van der Waals surface area contributed by atoms with Crippen molar-refractivity contribution in [2.24, 2.45) is 22.7 Å². The van der Waals surface area contributed by atoms with E-state index >= 15 is 0 Å². The first-order chi connectivity index (χ1) is 17.0. The second kappa shape index (κ2) is 8.79. The van der Waals surface area contributed by atoms with Crippen molar-refractivity contribution in [1.29, 1.82) is 0 Å². The van der Waals surface area contributed by atoms with Gasteiger partial charge in [0, 0.05) is 67.9 Å². The Kier molecular flexibility index (Phi) is 6.01. The van der Waals surface area contributed by atoms with Crippen LogP contribution in [-0.2, 0) is 11.3 Å². The van der Waals surface area contributed by atoms with Gasteiger partial charge in [-0.25, -0.2) is 4.39 Å². The normalized spacial score (nSPS) is 23.8. The van der Waals surface area contributed by atoms with Crippen molar-refractivity contribution in [3.05, 3.63) is 47.5 Å². The number of amides is 2. The Bertz CT molecular complexity index is 1180. The maximum Gasteiger partial charge on any atom is 0.387 e. The molecule has 1 saturated carbocycles. The number of aromatic nitrogens is 2. The lowest BCUT2D eigenvalue weighted by molar-refractivity contribution is -0.148. The zero-order valence-corrected chi connectivity index (χ0v) is 20.2. The molecular formula is C25H29F3N4O4. The Morgan fingerprint density at radius 2 is 1.92 bits per heavy atom. The fourth-order valence-electron chi connectivity index (χ4n) is 5.56. The number of hydrogen-bond donors (Lipinski definition) is 1. The highest BCUT2D eigenvalue weighted by atomic mass is 19.3. The van der Waals surface area contributed by atoms with Gasteiger partial charge >= 0.3 is 6.61 Å². The largest absolute Gasteiger partial charge is 0.434 e. The zero-order chi connectivity index (χ0) is 25.8. The number of rotatable bonds is 7. The molecule has 8 nitrogen and oxygen atoms in total. The molecule has 1 aliphatic carbocycles. The number of carbonyl (C=O) groups excluding carboxylic acids is 2. The summed E-state index contributed by atoms with van der Waals surface area (Å²) in [6, 6.07) is 3.35. The smallest absolute Gasteiger partial charge is 0.387 e. The number of halogens is 3. The van der Waals surface area contributed by atoms with Crippen LogP contribution in [0.1, 0.15) is 36.2 Å². The molecule has 194 valence electrons. The molecule has 1 aromatic carbocycles. The summed E-state index contributed by atoms with van der Waals surface area (Å²) < 4.78 is 44.7. The van der Waals surface area contributed by atoms with E-state index in [-0.39, 0.29) is 58.9 Å². The number of aliphatic hydroxyl groups is 1. The number of ether oxygens (including phenoxy) is 1. The Morgan fingerprint density at radius 3 is 2.56 bits per heavy atom. The maximum atomic E-state index is 13.5. The van der Waals surface area contributed by atoms with Crippen molar-refractivity contribution in [2.45, 2.75) is 33.4 Å². The third kappa shape index (κ3) is 4.44. The van der Waals surface area contributed by atoms with Gasteiger partial charge in [-0.3, -0.25) is 14.3 Å². The lowest BCUT2D eigenvalue weighted by atomic mass is 9.71. The summed E-state index contributed by atoms with van der Waals surface area (Å²) in [6.45, 7) is 2.88. The number of aliphatic hydroxyl groups excluding tert-OH is 1. The molecule has 2 atom stereocenters. The van der Waals surface area contributed by atoms with Crippen molar-refractivity contribution in [2.75, 3.05) is 32.8 Å². The Balaban J connectivity index is 1.24. The van der Waals surface area contributed by atoms with Crippen molar-refractivity contribution in [3.8, 4) is 5.75 Å². The van der Waals surface area contributed by atoms with Gasteiger partial charge in [0.2, 0.25) is 5.91 Å². The lowest BCUT2D eigenvalue weighted by Gasteiger charge is -2.50. The van der Waals surface area contributed by atoms with Gasteiger partial charge in [-0.1, -0.05) is 19.9 Å². The van der Waals surface area contributed by atoms with Gasteiger partial charge in [0.1, 0.15) is 11.6 Å². The topological polar surface area (TPSA) is 87.9 Å². The standard InChI is InChI=1S/C25H29F3N4O4/c1-24(2)6-19(24)22(35)31-13-25(14-31)12-30(10-17(25)11-33)21(34)16-7-29-32(9-16)8-15-3-4-18(26)5-20(15)36-23(27)28/h3-5,7,9,17,19,23,33H,6,8,10-14H2,1-2H3/t17-,19+/m0/s1. The number of alkyl halides is 2. The molecule has 36 heavy (non-hydrogen) atoms. The van der Waals surface area contributed by atoms with Crippen LogP contribution in [0.2, 0.25) is 0 Å². The van der Waals surface area contributed by atoms with Gasteiger partial charge < -0.3 is 19.6 Å². The van der Waals surface area contributed by atoms with Crippen LogP contribution in [-0.4, -0.2) is 75.9 Å². The lowest BCUT2D eigenvalue weighted by Crippen LogP contribution is -2.63. The Labute approximate surface area is 206 Å². The molecule has 11 heteroatoms. The first-order valence-electron chi connectivity index (χ1n) is 12.0. The molecule has 2 amide bonds. The molecule has 1 spiro atoms. The summed E-state index contributed by atoms with van der Waals surface area (Å²) in [6.07, 6.45) is 3.79. The van der Waals surface area contributed by atoms with Crippen molar-refractivity contribution in [1.82, 2.24) is 19.6 Å². The molecule has 1 N–H and O–H groups in total. The maximum absolute atomic E-state index is 13.5. The van der Waals surface area contributed by atoms with E-state index in [9.17, 15) is 27.9 Å². The molecule has 2 aliphatic heterocycles. The summed E-state index contributed by atoms with van der Waals surface area (Å²) >= 11 is 0. The first-order valence-corrected chi connectivity index (χ1v) is 12.0. The highest BCUT2D eigenvalue weighted by Gasteiger charge is 2.60. The first kappa shape index (κ1) is 24.6. The van der Waals surface area contributed by atoms with E-state index in [0.29, 0.717) is 31.7 Å². The van der Waals surface area contributed by atoms with Crippen molar-refractivity contribution in [3.63, 3.8) is 0 Å². The number of benzene rings is 1. The molecule has 3 heterocycles. The van der Waals surface area contributed by atoms with Crippen LogP contribution >= 0.6 is 0 Å². The summed E-state index contributed by atoms with van der Waals surface area (Å²) in [5.74, 6) is -1.16. The average Bonchev–Trinajstić information content (AvgIpc) is 3.15. The monoisotopic (exact) mass is 506 g/mol. The molecule has 3 aliphatic rings. The van der Waals surface area contributed by atoms with Gasteiger partial charge in [-0.15, -0.1) is 0 Å². The van der Waals surface area contributed by atoms with Crippen LogP contribution in [0.4, 0.5) is 13.2 Å². The van der Waals surface area contributed by atoms with Crippen LogP contribution in [0, 0.1) is 28.5 Å². The van der Waals surface area contributed by atoms with E-state index in [4.69, 9.17) is 0 Å². The molecule has 0 unspecified atom stereocenters. The van der Waals surface area contributed by atoms with E-state index in [0.717, 1.165) is 18.6 Å². The predicted octanol–water partition coefficient (Wildman–Crippen LogP) is 2.61. The number of carbonyl (C=O) groups is 2. The second-order valence-electron chi connectivity index (χ2n) is 10.9. The summed E-state index contributed by atoms with van der Waals surface area (Å²) in [7, 11) is 0. The van der Waals surface area contributed by atoms with E-state index in [1.807, 2.05) is 4.90 Å². The third-order valence-corrected chi connectivity index (χ3v) is 7.91. The molecule has 0 radical (unpaired) electrons. The van der Waals surface area contributed by atoms with E-state index in [2.05, 4.69) is 23.7 Å². The van der Waals surface area contributed by atoms with Crippen LogP contribution in [0.25, 0.3) is 0 Å². The molecule has 2 aromatic rings. The Morgan fingerprint density at radius 1 is 1.22 bits per heavy atom. The highest BCUT2D eigenvalue weighted by Crippen LogP contribution is 2.54. The van der Waals surface area contributed by atoms with Gasteiger partial charge in [0.25, 0.3) is 5.91 Å². The Hall–Kier alpha value is -3.08. The minimum Gasteiger partial charge on any atom is -0.434 e. The molecule has 2 saturated heterocycles. The molecule has 1 aromatic heterocycles. The average molecular weight is 507 g/mol. The quantitative estimate of drug-likeness (QED) is 0.624. The summed E-state index contributed by atoms with van der Waals surface area (Å²) in [5.41, 5.74) is 0.338. The van der Waals surface area contributed by atoms with Crippen LogP contribution in [0.5, 0.6) is 5.75 Å². The molecule has 3 fully saturated rings. The molecule has 0 bridgehead atoms. The highest BCUT2D eigenvalue weighted by molar-refractivity contribution is 5.94. The van der Waals surface area contributed by atoms with Crippen LogP contribution in [0.3, 0.4) is 0 Å². The van der Waals surface area contributed by atoms with Gasteiger partial charge in [-0.05, 0) is 17.9 Å². The van der Waals surface area contributed by atoms with E-state index in [1.165, 1.54) is 23.1 Å². The summed E-state index contributed by atoms with van der Waals surface area (Å²) in [4.78, 5) is 29.5. The second-order valence-corrected chi connectivity index (χ2v) is 10.9. The minimum atomic E-state index is -3.10. The van der Waals surface area contributed by atoms with Crippen LogP contribution < -0.4 is 4.74 Å². The van der Waals surface area contributed by atoms with Crippen LogP contribution in [0.15, 0.2) is 30.6 Å². The summed E-state index contributed by atoms with van der Waals surface area (Å²) in [5, 5.41) is 14.2. The van der Waals surface area contributed by atoms with Gasteiger partial charge in [0.15, 0.2) is 0 Å². The number of hydrogen-bond acceptors (Lipinski definition) is 5. The molecule has 5 rings (SSSR count). The number of nitrogens with zero attached hydrogens (tertiary/aromatic N) is 4. The van der Waals surface area contributed by atoms with Crippen molar-refractivity contribution >= 4 is 11.8 Å². The fraction of sp³-hybridized carbons (Fsp3) is 0.560. The van der Waals surface area contributed by atoms with E-state index < -0.39 is 12.4 Å². The van der Waals surface area contributed by atoms with Gasteiger partial charge in [0.05, 0.1) is 18.3 Å². The SMILES string of the molecule is CC1(C)C[C@@H]1C(=O)N1CC2(CN(C(=O)c3cnn(Cc4ccc(F)cc4OC(F)F)c3)C[C@H]2CO)C1. The fourth-order valence-corrected chi connectivity index (χ4v) is 5.56. The van der Waals surface area contributed by atoms with E-state index in [1.54, 1.807) is 4.90 Å². The van der Waals surface area contributed by atoms with Gasteiger partial charge in [-0.2, -0.15) is 13.9 Å².